The number of carbonyl (C=O) groups excluding carboxylic acids is 1. The summed E-state index contributed by atoms with van der Waals surface area (Å²) in [6.07, 6.45) is 1.11. The average molecular weight is 437 g/mol. The van der Waals surface area contributed by atoms with Crippen molar-refractivity contribution in [1.29, 1.82) is 0 Å². The Kier molecular flexibility index (Phi) is 6.43. The van der Waals surface area contributed by atoms with Crippen molar-refractivity contribution < 1.29 is 19.0 Å². The van der Waals surface area contributed by atoms with Crippen LogP contribution in [-0.2, 0) is 11.8 Å². The molecule has 3 rings (SSSR count). The zero-order valence-electron chi connectivity index (χ0n) is 18.8. The Morgan fingerprint density at radius 2 is 1.78 bits per heavy atom. The number of hydrogen-bond donors (Lipinski definition) is 2. The Morgan fingerprint density at radius 1 is 1.03 bits per heavy atom. The zero-order valence-corrected chi connectivity index (χ0v) is 18.8. The summed E-state index contributed by atoms with van der Waals surface area (Å²) in [5.74, 6) is 1.41. The van der Waals surface area contributed by atoms with Crippen molar-refractivity contribution in [1.82, 2.24) is 4.57 Å². The minimum Gasteiger partial charge on any atom is -0.496 e. The monoisotopic (exact) mass is 437 g/mol. The van der Waals surface area contributed by atoms with Gasteiger partial charge in [0.1, 0.15) is 22.8 Å². The number of pyridine rings is 1. The number of nitrogens with one attached hydrogen (secondary N) is 1. The van der Waals surface area contributed by atoms with Crippen LogP contribution in [0.25, 0.3) is 11.1 Å². The third-order valence-electron chi connectivity index (χ3n) is 4.41. The minimum atomic E-state index is -0.605. The topological polar surface area (TPSA) is 105 Å². The van der Waals surface area contributed by atoms with Crippen LogP contribution < -0.4 is 26.1 Å². The van der Waals surface area contributed by atoms with E-state index >= 15 is 0 Å². The average Bonchev–Trinajstić information content (AvgIpc) is 2.70. The number of hydrogen-bond acceptors (Lipinski definition) is 6. The first-order chi connectivity index (χ1) is 15.1. The molecule has 3 N–H and O–H groups in total. The minimum absolute atomic E-state index is 0.196. The van der Waals surface area contributed by atoms with E-state index in [-0.39, 0.29) is 5.56 Å². The molecule has 0 fully saturated rings. The molecule has 3 aromatic rings. The molecule has 0 aliphatic carbocycles. The third-order valence-corrected chi connectivity index (χ3v) is 4.41. The molecule has 0 saturated carbocycles. The van der Waals surface area contributed by atoms with Crippen LogP contribution in [0.4, 0.5) is 16.2 Å². The summed E-state index contributed by atoms with van der Waals surface area (Å²) < 4.78 is 18.3. The van der Waals surface area contributed by atoms with Crippen molar-refractivity contribution in [2.45, 2.75) is 26.4 Å². The predicted molar refractivity (Wildman–Crippen MR) is 124 cm³/mol. The smallest absolute Gasteiger partial charge is 0.412 e. The van der Waals surface area contributed by atoms with Gasteiger partial charge in [0.2, 0.25) is 0 Å². The van der Waals surface area contributed by atoms with Crippen LogP contribution in [0.15, 0.2) is 59.5 Å². The van der Waals surface area contributed by atoms with E-state index in [2.05, 4.69) is 5.32 Å². The fourth-order valence-corrected chi connectivity index (χ4v) is 3.02. The number of methoxy groups -OCH3 is 1. The summed E-state index contributed by atoms with van der Waals surface area (Å²) in [5, 5.41) is 2.69. The maximum absolute atomic E-state index is 12.1. The van der Waals surface area contributed by atoms with Gasteiger partial charge in [0.15, 0.2) is 0 Å². The summed E-state index contributed by atoms with van der Waals surface area (Å²) >= 11 is 0. The van der Waals surface area contributed by atoms with Crippen LogP contribution in [0.2, 0.25) is 0 Å². The van der Waals surface area contributed by atoms with Gasteiger partial charge in [0, 0.05) is 47.9 Å². The molecule has 8 nitrogen and oxygen atoms in total. The predicted octanol–water partition coefficient (Wildman–Crippen LogP) is 4.78. The highest BCUT2D eigenvalue weighted by molar-refractivity contribution is 5.85. The highest BCUT2D eigenvalue weighted by atomic mass is 16.6. The van der Waals surface area contributed by atoms with Gasteiger partial charge in [-0.15, -0.1) is 0 Å². The summed E-state index contributed by atoms with van der Waals surface area (Å²) in [6.45, 7) is 5.38. The number of nitrogens with zero attached hydrogens (tertiary/aromatic N) is 1. The quantitative estimate of drug-likeness (QED) is 0.557. The molecule has 0 spiro atoms. The van der Waals surface area contributed by atoms with Gasteiger partial charge in [-0.1, -0.05) is 6.07 Å². The summed E-state index contributed by atoms with van der Waals surface area (Å²) in [7, 11) is 3.15. The maximum atomic E-state index is 12.1. The van der Waals surface area contributed by atoms with Gasteiger partial charge < -0.3 is 24.5 Å². The van der Waals surface area contributed by atoms with E-state index in [1.54, 1.807) is 76.5 Å². The number of amides is 1. The van der Waals surface area contributed by atoms with E-state index in [0.29, 0.717) is 39.8 Å². The Morgan fingerprint density at radius 3 is 2.47 bits per heavy atom. The van der Waals surface area contributed by atoms with Crippen LogP contribution in [0.5, 0.6) is 17.2 Å². The fourth-order valence-electron chi connectivity index (χ4n) is 3.02. The number of aryl methyl sites for hydroxylation is 1. The molecular weight excluding hydrogens is 410 g/mol. The van der Waals surface area contributed by atoms with Crippen LogP contribution >= 0.6 is 0 Å². The Bertz CT molecular complexity index is 1190. The molecule has 0 bridgehead atoms. The Hall–Kier alpha value is -3.94. The molecule has 0 radical (unpaired) electrons. The number of benzene rings is 2. The van der Waals surface area contributed by atoms with Crippen molar-refractivity contribution in [2.24, 2.45) is 7.05 Å². The van der Waals surface area contributed by atoms with Gasteiger partial charge in [0.25, 0.3) is 5.56 Å². The van der Waals surface area contributed by atoms with Crippen LogP contribution in [0, 0.1) is 0 Å². The summed E-state index contributed by atoms with van der Waals surface area (Å²) in [4.78, 5) is 24.1. The van der Waals surface area contributed by atoms with Crippen molar-refractivity contribution in [3.8, 4) is 28.4 Å². The fraction of sp³-hybridized carbons (Fsp3) is 0.250. The standard InChI is InChI=1S/C24H27N3O5/c1-24(2,3)32-23(29)26-16-7-6-8-17(12-16)31-20-10-9-15(25)11-18(20)19-14-27(4)22(28)13-21(19)30-5/h6-14H,25H2,1-5H3,(H,26,29). The van der Waals surface area contributed by atoms with E-state index in [1.807, 2.05) is 0 Å². The second kappa shape index (κ2) is 9.05. The maximum Gasteiger partial charge on any atom is 0.412 e. The van der Waals surface area contributed by atoms with Crippen molar-refractivity contribution in [3.05, 3.63) is 65.1 Å². The highest BCUT2D eigenvalue weighted by Gasteiger charge is 2.17. The first kappa shape index (κ1) is 22.7. The SMILES string of the molecule is COc1cc(=O)n(C)cc1-c1cc(N)ccc1Oc1cccc(NC(=O)OC(C)(C)C)c1. The second-order valence-electron chi connectivity index (χ2n) is 8.22. The van der Waals surface area contributed by atoms with Crippen molar-refractivity contribution in [3.63, 3.8) is 0 Å². The first-order valence-electron chi connectivity index (χ1n) is 9.98. The lowest BCUT2D eigenvalue weighted by molar-refractivity contribution is 0.0636. The molecule has 1 amide bonds. The van der Waals surface area contributed by atoms with Gasteiger partial charge in [-0.2, -0.15) is 0 Å². The second-order valence-corrected chi connectivity index (χ2v) is 8.22. The molecule has 0 aliphatic rings. The number of nitrogen functional groups attached to an aromatic ring is 1. The van der Waals surface area contributed by atoms with E-state index < -0.39 is 11.7 Å². The molecule has 0 aliphatic heterocycles. The lowest BCUT2D eigenvalue weighted by Gasteiger charge is -2.20. The van der Waals surface area contributed by atoms with E-state index in [1.165, 1.54) is 17.7 Å². The van der Waals surface area contributed by atoms with Crippen LogP contribution in [-0.4, -0.2) is 23.4 Å². The molecule has 1 aromatic heterocycles. The zero-order chi connectivity index (χ0) is 23.5. The normalized spacial score (nSPS) is 11.0. The highest BCUT2D eigenvalue weighted by Crippen LogP contribution is 2.39. The van der Waals surface area contributed by atoms with Crippen molar-refractivity contribution in [2.75, 3.05) is 18.2 Å². The number of anilines is 2. The number of rotatable bonds is 5. The molecule has 0 atom stereocenters. The number of carbonyl (C=O) groups is 1. The molecular formula is C24H27N3O5. The van der Waals surface area contributed by atoms with Gasteiger partial charge in [-0.05, 0) is 51.1 Å². The number of aromatic nitrogens is 1. The van der Waals surface area contributed by atoms with Gasteiger partial charge in [-0.25, -0.2) is 4.79 Å². The first-order valence-corrected chi connectivity index (χ1v) is 9.98. The lowest BCUT2D eigenvalue weighted by Crippen LogP contribution is -2.27. The Balaban J connectivity index is 1.94. The largest absolute Gasteiger partial charge is 0.496 e. The van der Waals surface area contributed by atoms with E-state index in [9.17, 15) is 9.59 Å². The lowest BCUT2D eigenvalue weighted by atomic mass is 10.0. The summed E-state index contributed by atoms with van der Waals surface area (Å²) in [6, 6.07) is 13.6. The molecule has 168 valence electrons. The number of nitrogens with two attached hydrogens (primary N) is 1. The van der Waals surface area contributed by atoms with Gasteiger partial charge in [0.05, 0.1) is 7.11 Å². The molecule has 2 aromatic carbocycles. The third kappa shape index (κ3) is 5.60. The van der Waals surface area contributed by atoms with Crippen LogP contribution in [0.1, 0.15) is 20.8 Å². The molecule has 1 heterocycles. The molecule has 0 saturated heterocycles. The Labute approximate surface area is 186 Å². The molecule has 32 heavy (non-hydrogen) atoms. The summed E-state index contributed by atoms with van der Waals surface area (Å²) in [5.41, 5.74) is 7.58. The van der Waals surface area contributed by atoms with Crippen molar-refractivity contribution >= 4 is 17.5 Å². The number of ether oxygens (including phenoxy) is 3. The van der Waals surface area contributed by atoms with E-state index in [4.69, 9.17) is 19.9 Å². The van der Waals surface area contributed by atoms with E-state index in [0.717, 1.165) is 0 Å². The van der Waals surface area contributed by atoms with Gasteiger partial charge in [-0.3, -0.25) is 10.1 Å². The molecule has 8 heteroatoms. The molecule has 0 unspecified atom stereocenters. The van der Waals surface area contributed by atoms with Crippen LogP contribution in [0.3, 0.4) is 0 Å². The van der Waals surface area contributed by atoms with Gasteiger partial charge >= 0.3 is 6.09 Å².